The van der Waals surface area contributed by atoms with Gasteiger partial charge in [-0.15, -0.1) is 0 Å². The molecule has 2 rings (SSSR count). The molecule has 0 spiro atoms. The molecule has 0 radical (unpaired) electrons. The van der Waals surface area contributed by atoms with Crippen molar-refractivity contribution in [1.82, 2.24) is 14.9 Å². The van der Waals surface area contributed by atoms with E-state index in [1.807, 2.05) is 13.8 Å². The molecular weight excluding hydrogens is 234 g/mol. The SMILES string of the molecule is CC(C)C1(C(=O)O)CCN(C(=O)c2cnc[nH]2)C1. The Bertz CT molecular complexity index is 455. The molecule has 1 fully saturated rings. The zero-order valence-corrected chi connectivity index (χ0v) is 10.5. The maximum atomic E-state index is 12.1. The fourth-order valence-corrected chi connectivity index (χ4v) is 2.44. The Morgan fingerprint density at radius 1 is 1.56 bits per heavy atom. The van der Waals surface area contributed by atoms with Crippen molar-refractivity contribution < 1.29 is 14.7 Å². The normalized spacial score (nSPS) is 23.6. The minimum Gasteiger partial charge on any atom is -0.481 e. The first-order chi connectivity index (χ1) is 8.47. The number of carboxylic acid groups (broad SMARTS) is 1. The highest BCUT2D eigenvalue weighted by Gasteiger charge is 2.48. The summed E-state index contributed by atoms with van der Waals surface area (Å²) in [7, 11) is 0. The fraction of sp³-hybridized carbons (Fsp3) is 0.583. The Morgan fingerprint density at radius 2 is 2.28 bits per heavy atom. The van der Waals surface area contributed by atoms with E-state index in [9.17, 15) is 14.7 Å². The maximum absolute atomic E-state index is 12.1. The van der Waals surface area contributed by atoms with Gasteiger partial charge in [-0.05, 0) is 12.3 Å². The summed E-state index contributed by atoms with van der Waals surface area (Å²) in [5.41, 5.74) is -0.421. The molecular formula is C12H17N3O3. The molecule has 0 bridgehead atoms. The number of aliphatic carboxylic acids is 1. The smallest absolute Gasteiger partial charge is 0.311 e. The second-order valence-electron chi connectivity index (χ2n) is 5.06. The Hall–Kier alpha value is -1.85. The van der Waals surface area contributed by atoms with Gasteiger partial charge in [-0.2, -0.15) is 0 Å². The predicted octanol–water partition coefficient (Wildman–Crippen LogP) is 0.983. The van der Waals surface area contributed by atoms with E-state index in [4.69, 9.17) is 0 Å². The van der Waals surface area contributed by atoms with Crippen LogP contribution in [0.1, 0.15) is 30.8 Å². The maximum Gasteiger partial charge on any atom is 0.311 e. The number of amides is 1. The predicted molar refractivity (Wildman–Crippen MR) is 64.0 cm³/mol. The van der Waals surface area contributed by atoms with E-state index in [1.165, 1.54) is 12.5 Å². The van der Waals surface area contributed by atoms with Crippen LogP contribution in [0.5, 0.6) is 0 Å². The number of rotatable bonds is 3. The lowest BCUT2D eigenvalue weighted by molar-refractivity contribution is -0.150. The largest absolute Gasteiger partial charge is 0.481 e. The number of likely N-dealkylation sites (tertiary alicyclic amines) is 1. The number of H-pyrrole nitrogens is 1. The van der Waals surface area contributed by atoms with Gasteiger partial charge in [0.2, 0.25) is 0 Å². The summed E-state index contributed by atoms with van der Waals surface area (Å²) in [5.74, 6) is -1.01. The molecule has 6 nitrogen and oxygen atoms in total. The number of carbonyl (C=O) groups excluding carboxylic acids is 1. The van der Waals surface area contributed by atoms with Crippen LogP contribution in [0.15, 0.2) is 12.5 Å². The van der Waals surface area contributed by atoms with Crippen molar-refractivity contribution in [2.24, 2.45) is 11.3 Å². The highest BCUT2D eigenvalue weighted by molar-refractivity contribution is 5.93. The lowest BCUT2D eigenvalue weighted by Crippen LogP contribution is -2.40. The van der Waals surface area contributed by atoms with Crippen LogP contribution in [-0.4, -0.2) is 44.9 Å². The molecule has 0 aliphatic carbocycles. The summed E-state index contributed by atoms with van der Waals surface area (Å²) in [6.45, 7) is 4.51. The molecule has 1 aliphatic heterocycles. The molecule has 1 atom stereocenters. The molecule has 1 amide bonds. The molecule has 0 saturated carbocycles. The minimum absolute atomic E-state index is 0.00503. The summed E-state index contributed by atoms with van der Waals surface area (Å²) in [5, 5.41) is 9.41. The molecule has 1 saturated heterocycles. The van der Waals surface area contributed by atoms with Gasteiger partial charge in [-0.3, -0.25) is 9.59 Å². The Kier molecular flexibility index (Phi) is 3.11. The van der Waals surface area contributed by atoms with E-state index in [0.717, 1.165) is 0 Å². The number of nitrogens with zero attached hydrogens (tertiary/aromatic N) is 2. The first-order valence-electron chi connectivity index (χ1n) is 5.98. The van der Waals surface area contributed by atoms with E-state index < -0.39 is 11.4 Å². The summed E-state index contributed by atoms with van der Waals surface area (Å²) >= 11 is 0. The molecule has 2 heterocycles. The van der Waals surface area contributed by atoms with Crippen molar-refractivity contribution in [3.05, 3.63) is 18.2 Å². The van der Waals surface area contributed by atoms with Crippen LogP contribution in [-0.2, 0) is 4.79 Å². The lowest BCUT2D eigenvalue weighted by Gasteiger charge is -2.28. The van der Waals surface area contributed by atoms with Crippen LogP contribution in [0.2, 0.25) is 0 Å². The summed E-state index contributed by atoms with van der Waals surface area (Å²) < 4.78 is 0. The Morgan fingerprint density at radius 3 is 2.72 bits per heavy atom. The average Bonchev–Trinajstić information content (AvgIpc) is 2.98. The van der Waals surface area contributed by atoms with Crippen molar-refractivity contribution in [1.29, 1.82) is 0 Å². The third kappa shape index (κ3) is 1.87. The third-order valence-electron chi connectivity index (χ3n) is 3.85. The van der Waals surface area contributed by atoms with Gasteiger partial charge in [-0.1, -0.05) is 13.8 Å². The molecule has 0 aromatic carbocycles. The highest BCUT2D eigenvalue weighted by Crippen LogP contribution is 2.38. The van der Waals surface area contributed by atoms with E-state index >= 15 is 0 Å². The number of nitrogens with one attached hydrogen (secondary N) is 1. The molecule has 6 heteroatoms. The van der Waals surface area contributed by atoms with Gasteiger partial charge < -0.3 is 15.0 Å². The van der Waals surface area contributed by atoms with Gasteiger partial charge in [0.15, 0.2) is 0 Å². The van der Waals surface area contributed by atoms with Crippen LogP contribution in [0.3, 0.4) is 0 Å². The summed E-state index contributed by atoms with van der Waals surface area (Å²) in [4.78, 5) is 31.7. The molecule has 1 unspecified atom stereocenters. The zero-order chi connectivity index (χ0) is 13.3. The van der Waals surface area contributed by atoms with E-state index in [2.05, 4.69) is 9.97 Å². The van der Waals surface area contributed by atoms with Gasteiger partial charge in [0, 0.05) is 13.1 Å². The van der Waals surface area contributed by atoms with Crippen molar-refractivity contribution >= 4 is 11.9 Å². The summed E-state index contributed by atoms with van der Waals surface area (Å²) in [6, 6.07) is 0. The Labute approximate surface area is 105 Å². The van der Waals surface area contributed by atoms with Crippen LogP contribution in [0.25, 0.3) is 0 Å². The number of aromatic amines is 1. The monoisotopic (exact) mass is 251 g/mol. The molecule has 2 N–H and O–H groups in total. The molecule has 1 aliphatic rings. The molecule has 18 heavy (non-hydrogen) atoms. The number of imidazole rings is 1. The van der Waals surface area contributed by atoms with Gasteiger partial charge >= 0.3 is 5.97 Å². The second-order valence-corrected chi connectivity index (χ2v) is 5.06. The number of carboxylic acids is 1. The summed E-state index contributed by atoms with van der Waals surface area (Å²) in [6.07, 6.45) is 3.40. The van der Waals surface area contributed by atoms with Gasteiger partial charge in [-0.25, -0.2) is 4.98 Å². The lowest BCUT2D eigenvalue weighted by atomic mass is 9.76. The van der Waals surface area contributed by atoms with Gasteiger partial charge in [0.1, 0.15) is 5.69 Å². The van der Waals surface area contributed by atoms with Crippen molar-refractivity contribution in [2.45, 2.75) is 20.3 Å². The first kappa shape index (κ1) is 12.6. The average molecular weight is 251 g/mol. The van der Waals surface area contributed by atoms with Crippen LogP contribution in [0.4, 0.5) is 0 Å². The fourth-order valence-electron chi connectivity index (χ4n) is 2.44. The van der Waals surface area contributed by atoms with Crippen LogP contribution < -0.4 is 0 Å². The quantitative estimate of drug-likeness (QED) is 0.838. The Balaban J connectivity index is 2.17. The van der Waals surface area contributed by atoms with E-state index in [0.29, 0.717) is 18.7 Å². The third-order valence-corrected chi connectivity index (χ3v) is 3.85. The van der Waals surface area contributed by atoms with Crippen molar-refractivity contribution in [3.8, 4) is 0 Å². The van der Waals surface area contributed by atoms with Crippen molar-refractivity contribution in [3.63, 3.8) is 0 Å². The zero-order valence-electron chi connectivity index (χ0n) is 10.5. The van der Waals surface area contributed by atoms with Gasteiger partial charge in [0.25, 0.3) is 5.91 Å². The molecule has 98 valence electrons. The minimum atomic E-state index is -0.824. The van der Waals surface area contributed by atoms with E-state index in [-0.39, 0.29) is 18.4 Å². The first-order valence-corrected chi connectivity index (χ1v) is 5.98. The molecule has 1 aromatic heterocycles. The second kappa shape index (κ2) is 4.44. The van der Waals surface area contributed by atoms with E-state index in [1.54, 1.807) is 4.90 Å². The highest BCUT2D eigenvalue weighted by atomic mass is 16.4. The van der Waals surface area contributed by atoms with Crippen LogP contribution in [0, 0.1) is 11.3 Å². The number of carbonyl (C=O) groups is 2. The van der Waals surface area contributed by atoms with Gasteiger partial charge in [0.05, 0.1) is 17.9 Å². The number of hydrogen-bond acceptors (Lipinski definition) is 3. The topological polar surface area (TPSA) is 86.3 Å². The molecule has 1 aromatic rings. The number of hydrogen-bond donors (Lipinski definition) is 2. The number of aromatic nitrogens is 2. The standard InChI is InChI=1S/C12H17N3O3/c1-8(2)12(11(17)18)3-4-15(6-12)10(16)9-5-13-7-14-9/h5,7-8H,3-4,6H2,1-2H3,(H,13,14)(H,17,18). The van der Waals surface area contributed by atoms with Crippen LogP contribution >= 0.6 is 0 Å². The van der Waals surface area contributed by atoms with Crippen molar-refractivity contribution in [2.75, 3.05) is 13.1 Å².